The zero-order valence-corrected chi connectivity index (χ0v) is 34.9. The Morgan fingerprint density at radius 2 is 1.56 bits per heavy atom. The van der Waals surface area contributed by atoms with Gasteiger partial charge in [0.1, 0.15) is 6.29 Å². The number of ether oxygens (including phenoxy) is 2. The summed E-state index contributed by atoms with van der Waals surface area (Å²) in [6, 6.07) is 0.0993. The summed E-state index contributed by atoms with van der Waals surface area (Å²) in [5.74, 6) is 1.25. The van der Waals surface area contributed by atoms with Crippen LogP contribution in [0.4, 0.5) is 0 Å². The highest BCUT2D eigenvalue weighted by molar-refractivity contribution is 5.77. The van der Waals surface area contributed by atoms with E-state index in [1.54, 1.807) is 14.2 Å². The van der Waals surface area contributed by atoms with Crippen LogP contribution in [0.15, 0.2) is 12.2 Å². The van der Waals surface area contributed by atoms with Crippen LogP contribution in [-0.2, 0) is 28.7 Å². The van der Waals surface area contributed by atoms with Crippen LogP contribution in [0.2, 0.25) is 0 Å². The van der Waals surface area contributed by atoms with Gasteiger partial charge in [0, 0.05) is 32.3 Å². The normalized spacial score (nSPS) is 20.9. The molecule has 0 aromatic heterocycles. The smallest absolute Gasteiger partial charge is 0.225 e. The van der Waals surface area contributed by atoms with E-state index in [0.29, 0.717) is 24.7 Å². The summed E-state index contributed by atoms with van der Waals surface area (Å²) in [5.41, 5.74) is 6.49. The molecule has 4 N–H and O–H groups in total. The van der Waals surface area contributed by atoms with Gasteiger partial charge in [0.15, 0.2) is 0 Å². The molecule has 3 amide bonds. The minimum absolute atomic E-state index is 0. The van der Waals surface area contributed by atoms with Gasteiger partial charge in [-0.1, -0.05) is 75.3 Å². The number of nitrogens with zero attached hydrogens (tertiary/aromatic N) is 2. The van der Waals surface area contributed by atoms with Crippen LogP contribution in [-0.4, -0.2) is 111 Å². The average Bonchev–Trinajstić information content (AvgIpc) is 3.43. The molecular weight excluding hydrogens is 634 g/mol. The number of likely N-dealkylation sites (tertiary alicyclic amines) is 1. The highest BCUT2D eigenvalue weighted by Gasteiger charge is 2.45. The van der Waals surface area contributed by atoms with Gasteiger partial charge in [0.2, 0.25) is 18.7 Å². The second kappa shape index (κ2) is 27.3. The molecule has 0 spiro atoms. The van der Waals surface area contributed by atoms with E-state index in [1.165, 1.54) is 0 Å². The van der Waals surface area contributed by atoms with E-state index >= 15 is 0 Å². The fourth-order valence-electron chi connectivity index (χ4n) is 5.93. The van der Waals surface area contributed by atoms with Gasteiger partial charge in [-0.15, -0.1) is 0 Å². The maximum Gasteiger partial charge on any atom is 0.225 e. The first-order chi connectivity index (χ1) is 23.2. The van der Waals surface area contributed by atoms with E-state index in [9.17, 15) is 19.2 Å². The number of likely N-dealkylation sites (N-methyl/N-ethyl adjacent to an activating group) is 1. The topological polar surface area (TPSA) is 143 Å². The van der Waals surface area contributed by atoms with Crippen molar-refractivity contribution >= 4 is 25.0 Å². The molecule has 0 aromatic rings. The highest BCUT2D eigenvalue weighted by atomic mass is 16.5. The van der Waals surface area contributed by atoms with Crippen LogP contribution < -0.4 is 16.4 Å². The molecule has 2 fully saturated rings. The minimum Gasteiger partial charge on any atom is -0.379 e. The SMILES string of the molecule is C=C1CC1(CC)NC=O.CC.CC(C)(C)N.CC(C)C(C=O)NC=O.CCC(C)C(C(CC(=O)N1CCCC1C(OC)C(C)C)OC)N(C)C. The summed E-state index contributed by atoms with van der Waals surface area (Å²) < 4.78 is 11.5. The summed E-state index contributed by atoms with van der Waals surface area (Å²) in [5, 5.41) is 5.14. The molecule has 1 heterocycles. The molecule has 2 rings (SSSR count). The number of nitrogens with one attached hydrogen (secondary N) is 2. The summed E-state index contributed by atoms with van der Waals surface area (Å²) in [7, 11) is 7.64. The molecule has 50 heavy (non-hydrogen) atoms. The molecule has 0 bridgehead atoms. The van der Waals surface area contributed by atoms with Crippen molar-refractivity contribution < 1.29 is 28.7 Å². The number of rotatable bonds is 17. The first-order valence-electron chi connectivity index (χ1n) is 18.6. The van der Waals surface area contributed by atoms with Gasteiger partial charge in [-0.2, -0.15) is 0 Å². The quantitative estimate of drug-likeness (QED) is 0.131. The van der Waals surface area contributed by atoms with Crippen molar-refractivity contribution in [2.75, 3.05) is 34.9 Å². The molecule has 11 heteroatoms. The molecule has 1 aliphatic carbocycles. The predicted octanol–water partition coefficient (Wildman–Crippen LogP) is 5.60. The molecule has 1 saturated carbocycles. The highest BCUT2D eigenvalue weighted by Crippen LogP contribution is 2.43. The number of nitrogens with two attached hydrogens (primary N) is 1. The number of carbonyl (C=O) groups excluding carboxylic acids is 4. The molecule has 2 aliphatic rings. The third-order valence-corrected chi connectivity index (χ3v) is 8.94. The molecular formula is C39H79N5O6. The van der Waals surface area contributed by atoms with Gasteiger partial charge in [-0.3, -0.25) is 14.4 Å². The third-order valence-electron chi connectivity index (χ3n) is 8.94. The lowest BCUT2D eigenvalue weighted by Crippen LogP contribution is -2.50. The third kappa shape index (κ3) is 20.5. The second-order valence-electron chi connectivity index (χ2n) is 15.1. The zero-order valence-electron chi connectivity index (χ0n) is 34.9. The lowest BCUT2D eigenvalue weighted by atomic mass is 9.91. The Hall–Kier alpha value is -2.34. The molecule has 1 saturated heterocycles. The van der Waals surface area contributed by atoms with Crippen LogP contribution >= 0.6 is 0 Å². The van der Waals surface area contributed by atoms with Gasteiger partial charge >= 0.3 is 0 Å². The van der Waals surface area contributed by atoms with Crippen molar-refractivity contribution in [3.05, 3.63) is 12.2 Å². The lowest BCUT2D eigenvalue weighted by molar-refractivity contribution is -0.139. The van der Waals surface area contributed by atoms with Crippen LogP contribution in [0.5, 0.6) is 0 Å². The summed E-state index contributed by atoms with van der Waals surface area (Å²) >= 11 is 0. The van der Waals surface area contributed by atoms with E-state index < -0.39 is 0 Å². The Balaban J connectivity index is -0.000000716. The van der Waals surface area contributed by atoms with Crippen molar-refractivity contribution in [1.29, 1.82) is 0 Å². The number of amides is 3. The molecule has 0 aromatic carbocycles. The maximum absolute atomic E-state index is 13.1. The van der Waals surface area contributed by atoms with Crippen LogP contribution in [0, 0.1) is 17.8 Å². The van der Waals surface area contributed by atoms with Crippen LogP contribution in [0.1, 0.15) is 122 Å². The van der Waals surface area contributed by atoms with E-state index in [0.717, 1.165) is 56.9 Å². The summed E-state index contributed by atoms with van der Waals surface area (Å²) in [6.07, 6.45) is 7.57. The predicted molar refractivity (Wildman–Crippen MR) is 208 cm³/mol. The molecule has 7 atom stereocenters. The zero-order chi connectivity index (χ0) is 39.8. The van der Waals surface area contributed by atoms with Gasteiger partial charge < -0.3 is 40.4 Å². The van der Waals surface area contributed by atoms with E-state index in [2.05, 4.69) is 70.8 Å². The first kappa shape index (κ1) is 52.0. The van der Waals surface area contributed by atoms with Crippen LogP contribution in [0.3, 0.4) is 0 Å². The molecule has 7 unspecified atom stereocenters. The minimum atomic E-state index is -0.331. The fraction of sp³-hybridized carbons (Fsp3) is 0.846. The Morgan fingerprint density at radius 3 is 1.82 bits per heavy atom. The number of hydrogen-bond donors (Lipinski definition) is 3. The average molecular weight is 714 g/mol. The van der Waals surface area contributed by atoms with Gasteiger partial charge in [0.25, 0.3) is 0 Å². The Kier molecular flexibility index (Phi) is 28.4. The van der Waals surface area contributed by atoms with Gasteiger partial charge in [0.05, 0.1) is 36.3 Å². The number of hydrogen-bond acceptors (Lipinski definition) is 8. The summed E-state index contributed by atoms with van der Waals surface area (Å²) in [4.78, 5) is 47.3. The van der Waals surface area contributed by atoms with Crippen molar-refractivity contribution in [3.63, 3.8) is 0 Å². The fourth-order valence-corrected chi connectivity index (χ4v) is 5.93. The molecule has 0 radical (unpaired) electrons. The number of aldehydes is 1. The lowest BCUT2D eigenvalue weighted by Gasteiger charge is -2.37. The molecule has 296 valence electrons. The largest absolute Gasteiger partial charge is 0.379 e. The first-order valence-corrected chi connectivity index (χ1v) is 18.6. The van der Waals surface area contributed by atoms with Gasteiger partial charge in [-0.05, 0) is 83.9 Å². The molecule has 11 nitrogen and oxygen atoms in total. The van der Waals surface area contributed by atoms with E-state index in [1.807, 2.05) is 53.4 Å². The monoisotopic (exact) mass is 714 g/mol. The Labute approximate surface area is 307 Å². The van der Waals surface area contributed by atoms with Gasteiger partial charge in [-0.25, -0.2) is 0 Å². The summed E-state index contributed by atoms with van der Waals surface area (Å²) in [6.45, 7) is 29.1. The Morgan fingerprint density at radius 1 is 1.04 bits per heavy atom. The standard InChI is InChI=1S/C20H40N2O3.C7H11NO.C6H11NO2.C4H11N.C2H6/c1-9-15(4)19(21(5)6)17(24-7)13-18(23)22-12-10-11-16(22)20(25-8)14(2)3;1-3-7(8-5-9)4-6(7)2;1-5(2)6(3-8)7-4-9;1-4(2,3)5;1-2/h14-17,19-20H,9-13H2,1-8H3;5H,2-4H2,1H3,(H,8,9);3-6H,1-2H3,(H,7,9);5H2,1-3H3;1-2H3. The van der Waals surface area contributed by atoms with Crippen LogP contribution in [0.25, 0.3) is 0 Å². The van der Waals surface area contributed by atoms with E-state index in [-0.39, 0.29) is 53.2 Å². The van der Waals surface area contributed by atoms with Crippen molar-refractivity contribution in [2.24, 2.45) is 23.5 Å². The van der Waals surface area contributed by atoms with Crippen molar-refractivity contribution in [3.8, 4) is 0 Å². The Bertz CT molecular complexity index is 932. The van der Waals surface area contributed by atoms with Crippen molar-refractivity contribution in [1.82, 2.24) is 20.4 Å². The number of methoxy groups -OCH3 is 2. The maximum atomic E-state index is 13.1. The van der Waals surface area contributed by atoms with E-state index in [4.69, 9.17) is 15.2 Å². The van der Waals surface area contributed by atoms with Crippen molar-refractivity contribution in [2.45, 2.75) is 163 Å². The molecule has 1 aliphatic heterocycles. The number of carbonyl (C=O) groups is 4. The second-order valence-corrected chi connectivity index (χ2v) is 15.1.